The quantitative estimate of drug-likeness (QED) is 0.530. The molecule has 1 saturated carbocycles. The zero-order chi connectivity index (χ0) is 6.85. The minimum absolute atomic E-state index is 0.00116. The van der Waals surface area contributed by atoms with Crippen LogP contribution >= 0.6 is 0 Å². The zero-order valence-electron chi connectivity index (χ0n) is 5.19. The largest absolute Gasteiger partial charge is 0.325 e. The third kappa shape index (κ3) is 1.61. The van der Waals surface area contributed by atoms with Gasteiger partial charge in [-0.15, -0.1) is 0 Å². The van der Waals surface area contributed by atoms with Gasteiger partial charge in [0.05, 0.1) is 0 Å². The summed E-state index contributed by atoms with van der Waals surface area (Å²) in [6, 6.07) is -0.419. The van der Waals surface area contributed by atoms with Gasteiger partial charge in [0.1, 0.15) is 12.3 Å². The molecule has 0 saturated heterocycles. The molecule has 54 valence electrons. The van der Waals surface area contributed by atoms with Crippen molar-refractivity contribution in [3.05, 3.63) is 0 Å². The molecule has 3 heteroatoms. The van der Waals surface area contributed by atoms with Crippen molar-refractivity contribution in [2.24, 2.45) is 5.73 Å². The van der Waals surface area contributed by atoms with Crippen LogP contribution in [0.4, 0.5) is 8.78 Å². The van der Waals surface area contributed by atoms with Crippen LogP contribution in [0.3, 0.4) is 0 Å². The van der Waals surface area contributed by atoms with E-state index in [2.05, 4.69) is 0 Å². The molecule has 0 aromatic carbocycles. The molecular weight excluding hydrogens is 124 g/mol. The maximum atomic E-state index is 12.5. The van der Waals surface area contributed by atoms with Crippen LogP contribution in [-0.2, 0) is 0 Å². The highest BCUT2D eigenvalue weighted by Crippen LogP contribution is 2.22. The van der Waals surface area contributed by atoms with Gasteiger partial charge in [-0.3, -0.25) is 0 Å². The fourth-order valence-corrected chi connectivity index (χ4v) is 1.09. The van der Waals surface area contributed by atoms with Crippen molar-refractivity contribution in [3.63, 3.8) is 0 Å². The van der Waals surface area contributed by atoms with E-state index in [9.17, 15) is 8.78 Å². The molecule has 0 aromatic rings. The molecule has 0 aliphatic heterocycles. The summed E-state index contributed by atoms with van der Waals surface area (Å²) in [6.45, 7) is 0. The van der Waals surface area contributed by atoms with Crippen LogP contribution in [-0.4, -0.2) is 18.4 Å². The molecule has 3 atom stereocenters. The summed E-state index contributed by atoms with van der Waals surface area (Å²) in [7, 11) is 0. The summed E-state index contributed by atoms with van der Waals surface area (Å²) >= 11 is 0. The van der Waals surface area contributed by atoms with Gasteiger partial charge in [0, 0.05) is 12.5 Å². The first-order valence-corrected chi connectivity index (χ1v) is 3.24. The predicted octanol–water partition coefficient (Wildman–Crippen LogP) is 1.17. The number of hydrogen-bond donors (Lipinski definition) is 1. The van der Waals surface area contributed by atoms with Crippen molar-refractivity contribution in [3.8, 4) is 0 Å². The second-order valence-electron chi connectivity index (χ2n) is 2.59. The number of hydrogen-bond acceptors (Lipinski definition) is 1. The Balaban J connectivity index is 2.35. The molecule has 0 aromatic heterocycles. The minimum Gasteiger partial charge on any atom is -0.325 e. The van der Waals surface area contributed by atoms with E-state index in [1.165, 1.54) is 0 Å². The average molecular weight is 135 g/mol. The molecule has 1 unspecified atom stereocenters. The monoisotopic (exact) mass is 135 g/mol. The maximum Gasteiger partial charge on any atom is 0.118 e. The van der Waals surface area contributed by atoms with E-state index >= 15 is 0 Å². The topological polar surface area (TPSA) is 26.0 Å². The Hall–Kier alpha value is -0.180. The summed E-state index contributed by atoms with van der Waals surface area (Å²) in [5.74, 6) is 0. The van der Waals surface area contributed by atoms with Crippen LogP contribution in [0.5, 0.6) is 0 Å². The van der Waals surface area contributed by atoms with E-state index in [0.717, 1.165) is 0 Å². The first-order valence-electron chi connectivity index (χ1n) is 3.24. The average Bonchev–Trinajstić information content (AvgIpc) is 1.80. The van der Waals surface area contributed by atoms with E-state index in [-0.39, 0.29) is 6.42 Å². The van der Waals surface area contributed by atoms with Gasteiger partial charge < -0.3 is 5.73 Å². The van der Waals surface area contributed by atoms with Crippen molar-refractivity contribution in [1.29, 1.82) is 0 Å². The molecule has 1 aliphatic carbocycles. The lowest BCUT2D eigenvalue weighted by molar-refractivity contribution is 0.138. The van der Waals surface area contributed by atoms with Crippen molar-refractivity contribution in [1.82, 2.24) is 0 Å². The molecule has 0 spiro atoms. The van der Waals surface area contributed by atoms with Gasteiger partial charge in [-0.2, -0.15) is 0 Å². The second kappa shape index (κ2) is 2.60. The second-order valence-corrected chi connectivity index (χ2v) is 2.59. The Morgan fingerprint density at radius 3 is 2.33 bits per heavy atom. The summed E-state index contributed by atoms with van der Waals surface area (Å²) in [6.07, 6.45) is -1.15. The fraction of sp³-hybridized carbons (Fsp3) is 1.00. The van der Waals surface area contributed by atoms with Crippen LogP contribution in [0.2, 0.25) is 0 Å². The van der Waals surface area contributed by atoms with Gasteiger partial charge in [-0.05, 0) is 12.8 Å². The van der Waals surface area contributed by atoms with Crippen LogP contribution in [0.1, 0.15) is 19.3 Å². The van der Waals surface area contributed by atoms with Crippen molar-refractivity contribution < 1.29 is 8.78 Å². The van der Waals surface area contributed by atoms with Crippen LogP contribution in [0, 0.1) is 0 Å². The first-order chi connectivity index (χ1) is 4.20. The van der Waals surface area contributed by atoms with Gasteiger partial charge in [-0.25, -0.2) is 8.78 Å². The molecule has 2 N–H and O–H groups in total. The van der Waals surface area contributed by atoms with E-state index < -0.39 is 18.4 Å². The molecule has 1 nitrogen and oxygen atoms in total. The highest BCUT2D eigenvalue weighted by molar-refractivity contribution is 4.81. The molecule has 0 amide bonds. The smallest absolute Gasteiger partial charge is 0.118 e. The van der Waals surface area contributed by atoms with Gasteiger partial charge in [0.25, 0.3) is 0 Å². The predicted molar refractivity (Wildman–Crippen MR) is 31.6 cm³/mol. The fourth-order valence-electron chi connectivity index (χ4n) is 1.09. The SMILES string of the molecule is N[C@@H]1CC[C@H](F)CC1F. The number of rotatable bonds is 0. The van der Waals surface area contributed by atoms with E-state index in [1.54, 1.807) is 0 Å². The summed E-state index contributed by atoms with van der Waals surface area (Å²) < 4.78 is 24.8. The van der Waals surface area contributed by atoms with Crippen molar-refractivity contribution in [2.45, 2.75) is 37.6 Å². The molecule has 1 fully saturated rings. The Morgan fingerprint density at radius 1 is 1.22 bits per heavy atom. The third-order valence-corrected chi connectivity index (χ3v) is 1.76. The number of nitrogens with two attached hydrogens (primary N) is 1. The molecular formula is C6H11F2N. The lowest BCUT2D eigenvalue weighted by Crippen LogP contribution is -2.38. The van der Waals surface area contributed by atoms with Gasteiger partial charge in [0.15, 0.2) is 0 Å². The Kier molecular flexibility index (Phi) is 2.01. The third-order valence-electron chi connectivity index (χ3n) is 1.76. The highest BCUT2D eigenvalue weighted by Gasteiger charge is 2.27. The van der Waals surface area contributed by atoms with Gasteiger partial charge in [-0.1, -0.05) is 0 Å². The van der Waals surface area contributed by atoms with E-state index in [4.69, 9.17) is 5.73 Å². The standard InChI is InChI=1S/C6H11F2N/c7-4-1-2-6(9)5(8)3-4/h4-6H,1-3,9H2/t4-,5?,6+/m0/s1. The lowest BCUT2D eigenvalue weighted by atomic mass is 9.93. The Bertz CT molecular complexity index is 97.1. The summed E-state index contributed by atoms with van der Waals surface area (Å²) in [5, 5.41) is 0. The molecule has 0 heterocycles. The minimum atomic E-state index is -1.12. The molecule has 0 bridgehead atoms. The Labute approximate surface area is 53.2 Å². The number of alkyl halides is 2. The van der Waals surface area contributed by atoms with Crippen LogP contribution in [0.25, 0.3) is 0 Å². The number of halogens is 2. The Morgan fingerprint density at radius 2 is 1.89 bits per heavy atom. The summed E-state index contributed by atoms with van der Waals surface area (Å²) in [5.41, 5.74) is 5.30. The molecule has 0 radical (unpaired) electrons. The van der Waals surface area contributed by atoms with Crippen LogP contribution < -0.4 is 5.73 Å². The zero-order valence-corrected chi connectivity index (χ0v) is 5.19. The molecule has 1 aliphatic rings. The van der Waals surface area contributed by atoms with Gasteiger partial charge in [0.2, 0.25) is 0 Å². The molecule has 9 heavy (non-hydrogen) atoms. The highest BCUT2D eigenvalue weighted by atomic mass is 19.1. The summed E-state index contributed by atoms with van der Waals surface area (Å²) in [4.78, 5) is 0. The van der Waals surface area contributed by atoms with Gasteiger partial charge >= 0.3 is 0 Å². The van der Waals surface area contributed by atoms with Crippen LogP contribution in [0.15, 0.2) is 0 Å². The van der Waals surface area contributed by atoms with E-state index in [0.29, 0.717) is 12.8 Å². The van der Waals surface area contributed by atoms with E-state index in [1.807, 2.05) is 0 Å². The lowest BCUT2D eigenvalue weighted by Gasteiger charge is -2.24. The van der Waals surface area contributed by atoms with Crippen molar-refractivity contribution in [2.75, 3.05) is 0 Å². The first kappa shape index (κ1) is 6.93. The maximum absolute atomic E-state index is 12.5. The normalized spacial score (nSPS) is 45.0. The molecule has 1 rings (SSSR count). The van der Waals surface area contributed by atoms with Crippen molar-refractivity contribution >= 4 is 0 Å².